The van der Waals surface area contributed by atoms with Crippen molar-refractivity contribution in [3.05, 3.63) is 51.5 Å². The summed E-state index contributed by atoms with van der Waals surface area (Å²) in [4.78, 5) is 30.4. The number of aromatic hydroxyl groups is 1. The molecule has 1 unspecified atom stereocenters. The molecule has 0 bridgehead atoms. The van der Waals surface area contributed by atoms with Crippen molar-refractivity contribution in [2.24, 2.45) is 0 Å². The van der Waals surface area contributed by atoms with Gasteiger partial charge in [0, 0.05) is 44.9 Å². The first-order valence-electron chi connectivity index (χ1n) is 11.7. The molecule has 3 aliphatic rings. The van der Waals surface area contributed by atoms with Crippen LogP contribution in [0.15, 0.2) is 23.0 Å². The Hall–Kier alpha value is -2.83. The molecule has 2 saturated heterocycles. The molecule has 0 radical (unpaired) electrons. The van der Waals surface area contributed by atoms with Crippen molar-refractivity contribution in [2.75, 3.05) is 36.4 Å². The molecule has 2 aromatic rings. The highest BCUT2D eigenvalue weighted by atomic mass is 32.2. The predicted octanol–water partition coefficient (Wildman–Crippen LogP) is 1.32. The van der Waals surface area contributed by atoms with Crippen molar-refractivity contribution in [3.63, 3.8) is 0 Å². The number of aromatic nitrogens is 2. The van der Waals surface area contributed by atoms with Crippen LogP contribution in [0.2, 0.25) is 0 Å². The van der Waals surface area contributed by atoms with E-state index in [2.05, 4.69) is 10.3 Å². The van der Waals surface area contributed by atoms with E-state index in [1.807, 2.05) is 0 Å². The van der Waals surface area contributed by atoms with Gasteiger partial charge in [-0.05, 0) is 30.5 Å². The molecule has 12 heteroatoms. The third kappa shape index (κ3) is 4.45. The monoisotopic (exact) mass is 506 g/mol. The standard InChI is InChI=1S/C23H27FN4O6S/c24-16-4-3-15(17(13-16)28-7-1-2-12-35(28)32)14-25-20(30)18-19(29)21(31)27-8-11-34-23(22(27)26-18)5-9-33-10-6-23/h3-4,13,29H,1-2,5-12,14H2,(H,25,30). The molecule has 1 spiro atoms. The first kappa shape index (κ1) is 23.9. The van der Waals surface area contributed by atoms with E-state index >= 15 is 0 Å². The van der Waals surface area contributed by atoms with Crippen LogP contribution < -0.4 is 15.2 Å². The highest BCUT2D eigenvalue weighted by Crippen LogP contribution is 2.37. The topological polar surface area (TPSA) is 123 Å². The second-order valence-electron chi connectivity index (χ2n) is 8.84. The number of amides is 1. The number of hydrogen-bond acceptors (Lipinski definition) is 7. The molecule has 1 aromatic heterocycles. The number of fused-ring (bicyclic) bond motifs is 2. The average Bonchev–Trinajstić information content (AvgIpc) is 2.86. The van der Waals surface area contributed by atoms with Crippen molar-refractivity contribution in [1.29, 1.82) is 0 Å². The van der Waals surface area contributed by atoms with Crippen LogP contribution in [-0.4, -0.2) is 56.9 Å². The van der Waals surface area contributed by atoms with Gasteiger partial charge in [-0.15, -0.1) is 0 Å². The Morgan fingerprint density at radius 3 is 2.80 bits per heavy atom. The number of nitrogens with one attached hydrogen (secondary N) is 1. The molecule has 2 N–H and O–H groups in total. The molecule has 188 valence electrons. The summed E-state index contributed by atoms with van der Waals surface area (Å²) in [5, 5.41) is 13.2. The Labute approximate surface area is 203 Å². The first-order chi connectivity index (χ1) is 16.9. The number of anilines is 1. The molecule has 1 amide bonds. The molecule has 0 aliphatic carbocycles. The highest BCUT2D eigenvalue weighted by Gasteiger charge is 2.43. The summed E-state index contributed by atoms with van der Waals surface area (Å²) in [5.74, 6) is -1.14. The number of carbonyl (C=O) groups is 1. The maximum Gasteiger partial charge on any atom is 0.296 e. The maximum absolute atomic E-state index is 14.0. The molecule has 3 aliphatic heterocycles. The van der Waals surface area contributed by atoms with Gasteiger partial charge in [0.1, 0.15) is 28.2 Å². The number of ether oxygens (including phenoxy) is 2. The van der Waals surface area contributed by atoms with E-state index < -0.39 is 39.6 Å². The van der Waals surface area contributed by atoms with Crippen molar-refractivity contribution in [3.8, 4) is 5.75 Å². The molecule has 1 aromatic carbocycles. The van der Waals surface area contributed by atoms with Gasteiger partial charge in [0.05, 0.1) is 18.8 Å². The van der Waals surface area contributed by atoms with E-state index in [1.54, 1.807) is 4.31 Å². The lowest BCUT2D eigenvalue weighted by Gasteiger charge is -2.40. The van der Waals surface area contributed by atoms with Gasteiger partial charge in [0.2, 0.25) is 5.75 Å². The predicted molar refractivity (Wildman–Crippen MR) is 125 cm³/mol. The van der Waals surface area contributed by atoms with Crippen molar-refractivity contribution in [1.82, 2.24) is 14.9 Å². The summed E-state index contributed by atoms with van der Waals surface area (Å²) in [6.07, 6.45) is 2.63. The Balaban J connectivity index is 1.43. The second kappa shape index (κ2) is 9.67. The smallest absolute Gasteiger partial charge is 0.296 e. The zero-order valence-electron chi connectivity index (χ0n) is 19.1. The molecular weight excluding hydrogens is 479 g/mol. The maximum atomic E-state index is 14.0. The van der Waals surface area contributed by atoms with Crippen LogP contribution in [0.25, 0.3) is 0 Å². The fraction of sp³-hybridized carbons (Fsp3) is 0.522. The zero-order valence-corrected chi connectivity index (χ0v) is 19.9. The quantitative estimate of drug-likeness (QED) is 0.641. The summed E-state index contributed by atoms with van der Waals surface area (Å²) < 4.78 is 41.0. The van der Waals surface area contributed by atoms with E-state index in [0.717, 1.165) is 12.8 Å². The molecular formula is C23H27FN4O6S. The molecule has 35 heavy (non-hydrogen) atoms. The van der Waals surface area contributed by atoms with Gasteiger partial charge in [0.25, 0.3) is 11.5 Å². The minimum Gasteiger partial charge on any atom is -0.501 e. The van der Waals surface area contributed by atoms with E-state index in [9.17, 15) is 23.3 Å². The van der Waals surface area contributed by atoms with Crippen LogP contribution in [0.1, 0.15) is 47.6 Å². The lowest BCUT2D eigenvalue weighted by molar-refractivity contribution is -0.139. The van der Waals surface area contributed by atoms with Gasteiger partial charge in [-0.2, -0.15) is 0 Å². The van der Waals surface area contributed by atoms with Gasteiger partial charge >= 0.3 is 0 Å². The summed E-state index contributed by atoms with van der Waals surface area (Å²) in [7, 11) is -1.28. The largest absolute Gasteiger partial charge is 0.501 e. The van der Waals surface area contributed by atoms with Gasteiger partial charge in [-0.25, -0.2) is 13.6 Å². The Morgan fingerprint density at radius 1 is 1.23 bits per heavy atom. The average molecular weight is 507 g/mol. The van der Waals surface area contributed by atoms with E-state index in [-0.39, 0.29) is 18.8 Å². The van der Waals surface area contributed by atoms with Crippen LogP contribution in [0.3, 0.4) is 0 Å². The molecule has 1 atom stereocenters. The lowest BCUT2D eigenvalue weighted by Crippen LogP contribution is -2.48. The Morgan fingerprint density at radius 2 is 2.03 bits per heavy atom. The normalized spacial score (nSPS) is 21.5. The summed E-state index contributed by atoms with van der Waals surface area (Å²) in [6, 6.07) is 4.10. The number of hydrogen-bond donors (Lipinski definition) is 2. The van der Waals surface area contributed by atoms with E-state index in [4.69, 9.17) is 9.47 Å². The fourth-order valence-corrected chi connectivity index (χ4v) is 6.22. The Kier molecular flexibility index (Phi) is 6.60. The number of benzene rings is 1. The second-order valence-corrected chi connectivity index (χ2v) is 10.3. The van der Waals surface area contributed by atoms with Crippen LogP contribution in [0.4, 0.5) is 10.1 Å². The Bertz CT molecular complexity index is 1230. The van der Waals surface area contributed by atoms with Crippen molar-refractivity contribution < 1.29 is 28.0 Å². The van der Waals surface area contributed by atoms with Gasteiger partial charge in [-0.1, -0.05) is 6.07 Å². The van der Waals surface area contributed by atoms with E-state index in [1.165, 1.54) is 22.8 Å². The van der Waals surface area contributed by atoms with Crippen molar-refractivity contribution >= 4 is 22.6 Å². The minimum absolute atomic E-state index is 0.0306. The SMILES string of the molecule is O=C(NCc1ccc(F)cc1N1CCCCS1=O)c1nc2n(c(=O)c1O)CCOC21CCOCC1. The van der Waals surface area contributed by atoms with Gasteiger partial charge in [-0.3, -0.25) is 18.5 Å². The summed E-state index contributed by atoms with van der Waals surface area (Å²) in [5.41, 5.74) is -0.918. The molecule has 4 heterocycles. The summed E-state index contributed by atoms with van der Waals surface area (Å²) >= 11 is 0. The number of nitrogens with zero attached hydrogens (tertiary/aromatic N) is 3. The van der Waals surface area contributed by atoms with Gasteiger partial charge < -0.3 is 19.9 Å². The van der Waals surface area contributed by atoms with Crippen LogP contribution in [0, 0.1) is 5.82 Å². The lowest BCUT2D eigenvalue weighted by atomic mass is 9.91. The number of halogens is 1. The third-order valence-corrected chi connectivity index (χ3v) is 8.20. The first-order valence-corrected chi connectivity index (χ1v) is 13.0. The van der Waals surface area contributed by atoms with Crippen LogP contribution in [-0.2, 0) is 39.1 Å². The van der Waals surface area contributed by atoms with E-state index in [0.29, 0.717) is 62.0 Å². The minimum atomic E-state index is -1.28. The van der Waals surface area contributed by atoms with Crippen LogP contribution >= 0.6 is 0 Å². The highest BCUT2D eigenvalue weighted by molar-refractivity contribution is 7.86. The zero-order chi connectivity index (χ0) is 24.6. The van der Waals surface area contributed by atoms with Gasteiger partial charge in [0.15, 0.2) is 5.69 Å². The summed E-state index contributed by atoms with van der Waals surface area (Å²) in [6.45, 7) is 1.88. The fourth-order valence-electron chi connectivity index (χ4n) is 4.83. The molecule has 10 nitrogen and oxygen atoms in total. The van der Waals surface area contributed by atoms with Crippen LogP contribution in [0.5, 0.6) is 5.75 Å². The molecule has 2 fully saturated rings. The molecule has 0 saturated carbocycles. The number of carbonyl (C=O) groups excluding carboxylic acids is 1. The number of rotatable bonds is 4. The third-order valence-electron chi connectivity index (χ3n) is 6.69. The molecule has 5 rings (SSSR count). The van der Waals surface area contributed by atoms with Crippen molar-refractivity contribution in [2.45, 2.75) is 44.4 Å².